The van der Waals surface area contributed by atoms with E-state index in [4.69, 9.17) is 4.74 Å². The lowest BCUT2D eigenvalue weighted by molar-refractivity contribution is 0.0601. The number of carbonyl (C=O) groups excluding carboxylic acids is 1. The number of anilines is 1. The van der Waals surface area contributed by atoms with Crippen molar-refractivity contribution in [3.05, 3.63) is 64.2 Å². The van der Waals surface area contributed by atoms with Crippen molar-refractivity contribution in [2.24, 2.45) is 0 Å². The summed E-state index contributed by atoms with van der Waals surface area (Å²) in [4.78, 5) is 11.9. The summed E-state index contributed by atoms with van der Waals surface area (Å²) >= 11 is 0. The molecule has 0 aliphatic rings. The number of benzene rings is 2. The Kier molecular flexibility index (Phi) is 4.63. The van der Waals surface area contributed by atoms with Gasteiger partial charge in [0.25, 0.3) is 0 Å². The summed E-state index contributed by atoms with van der Waals surface area (Å²) in [6.07, 6.45) is 0. The van der Waals surface area contributed by atoms with Crippen LogP contribution in [0.1, 0.15) is 32.6 Å². The van der Waals surface area contributed by atoms with E-state index in [0.717, 1.165) is 11.3 Å². The normalized spacial score (nSPS) is 10.3. The van der Waals surface area contributed by atoms with Gasteiger partial charge >= 0.3 is 5.97 Å². The Balaban J connectivity index is 2.24. The third-order valence-electron chi connectivity index (χ3n) is 3.55. The Morgan fingerprint density at radius 2 is 1.71 bits per heavy atom. The van der Waals surface area contributed by atoms with Crippen molar-refractivity contribution in [3.8, 4) is 0 Å². The smallest absolute Gasteiger partial charge is 0.339 e. The van der Waals surface area contributed by atoms with Crippen LogP contribution in [0, 0.1) is 20.8 Å². The fourth-order valence-corrected chi connectivity index (χ4v) is 2.27. The van der Waals surface area contributed by atoms with E-state index < -0.39 is 0 Å². The second-order valence-electron chi connectivity index (χ2n) is 5.32. The molecule has 0 spiro atoms. The van der Waals surface area contributed by atoms with Crippen LogP contribution in [0.5, 0.6) is 0 Å². The zero-order valence-electron chi connectivity index (χ0n) is 13.0. The molecule has 0 amide bonds. The summed E-state index contributed by atoms with van der Waals surface area (Å²) in [5.74, 6) is -0.317. The quantitative estimate of drug-likeness (QED) is 0.862. The molecular weight excluding hydrogens is 262 g/mol. The van der Waals surface area contributed by atoms with E-state index in [-0.39, 0.29) is 5.97 Å². The Morgan fingerprint density at radius 1 is 1.05 bits per heavy atom. The molecule has 0 heterocycles. The lowest BCUT2D eigenvalue weighted by Crippen LogP contribution is -2.09. The third-order valence-corrected chi connectivity index (χ3v) is 3.55. The molecule has 0 atom stereocenters. The SMILES string of the molecule is COC(=O)c1cc(C)ccc1NCc1cc(C)ccc1C. The highest BCUT2D eigenvalue weighted by atomic mass is 16.5. The molecule has 2 aromatic rings. The van der Waals surface area contributed by atoms with Gasteiger partial charge in [-0.2, -0.15) is 0 Å². The highest BCUT2D eigenvalue weighted by molar-refractivity contribution is 5.95. The number of ether oxygens (including phenoxy) is 1. The maximum Gasteiger partial charge on any atom is 0.339 e. The monoisotopic (exact) mass is 283 g/mol. The van der Waals surface area contributed by atoms with Crippen LogP contribution in [0.3, 0.4) is 0 Å². The van der Waals surface area contributed by atoms with Crippen LogP contribution in [0.25, 0.3) is 0 Å². The number of nitrogens with one attached hydrogen (secondary N) is 1. The molecule has 21 heavy (non-hydrogen) atoms. The molecule has 0 aliphatic heterocycles. The zero-order valence-corrected chi connectivity index (χ0v) is 13.0. The van der Waals surface area contributed by atoms with Crippen LogP contribution in [0.15, 0.2) is 36.4 Å². The van der Waals surface area contributed by atoms with Crippen LogP contribution < -0.4 is 5.32 Å². The first-order chi connectivity index (χ1) is 10.0. The third kappa shape index (κ3) is 3.63. The van der Waals surface area contributed by atoms with Gasteiger partial charge < -0.3 is 10.1 Å². The van der Waals surface area contributed by atoms with E-state index in [1.54, 1.807) is 0 Å². The van der Waals surface area contributed by atoms with Gasteiger partial charge in [0, 0.05) is 12.2 Å². The highest BCUT2D eigenvalue weighted by Gasteiger charge is 2.12. The fourth-order valence-electron chi connectivity index (χ4n) is 2.27. The first-order valence-electron chi connectivity index (χ1n) is 7.00. The summed E-state index contributed by atoms with van der Waals surface area (Å²) in [6.45, 7) is 6.81. The van der Waals surface area contributed by atoms with E-state index >= 15 is 0 Å². The molecule has 0 fully saturated rings. The van der Waals surface area contributed by atoms with Gasteiger partial charge in [-0.05, 0) is 44.0 Å². The van der Waals surface area contributed by atoms with E-state index in [1.165, 1.54) is 23.8 Å². The second kappa shape index (κ2) is 6.44. The molecule has 0 bridgehead atoms. The minimum absolute atomic E-state index is 0.317. The van der Waals surface area contributed by atoms with Gasteiger partial charge in [0.1, 0.15) is 0 Å². The van der Waals surface area contributed by atoms with Crippen molar-refractivity contribution in [2.45, 2.75) is 27.3 Å². The molecule has 110 valence electrons. The Morgan fingerprint density at radius 3 is 2.43 bits per heavy atom. The molecule has 2 aromatic carbocycles. The van der Waals surface area contributed by atoms with Crippen molar-refractivity contribution in [2.75, 3.05) is 12.4 Å². The Hall–Kier alpha value is -2.29. The molecule has 3 nitrogen and oxygen atoms in total. The number of hydrogen-bond acceptors (Lipinski definition) is 3. The minimum atomic E-state index is -0.317. The number of aryl methyl sites for hydroxylation is 3. The molecule has 0 aromatic heterocycles. The van der Waals surface area contributed by atoms with Gasteiger partial charge in [-0.15, -0.1) is 0 Å². The number of rotatable bonds is 4. The molecule has 2 rings (SSSR count). The number of hydrogen-bond donors (Lipinski definition) is 1. The highest BCUT2D eigenvalue weighted by Crippen LogP contribution is 2.20. The van der Waals surface area contributed by atoms with Crippen molar-refractivity contribution < 1.29 is 9.53 Å². The fraction of sp³-hybridized carbons (Fsp3) is 0.278. The first kappa shape index (κ1) is 15.1. The topological polar surface area (TPSA) is 38.3 Å². The Bertz CT molecular complexity index is 662. The van der Waals surface area contributed by atoms with E-state index in [1.807, 2.05) is 25.1 Å². The lowest BCUT2D eigenvalue weighted by Gasteiger charge is -2.13. The van der Waals surface area contributed by atoms with E-state index in [9.17, 15) is 4.79 Å². The van der Waals surface area contributed by atoms with Gasteiger partial charge in [0.05, 0.1) is 12.7 Å². The number of esters is 1. The van der Waals surface area contributed by atoms with Crippen LogP contribution in [-0.2, 0) is 11.3 Å². The van der Waals surface area contributed by atoms with E-state index in [2.05, 4.69) is 37.4 Å². The molecule has 0 aliphatic carbocycles. The van der Waals surface area contributed by atoms with Crippen molar-refractivity contribution in [3.63, 3.8) is 0 Å². The zero-order chi connectivity index (χ0) is 15.4. The summed E-state index contributed by atoms with van der Waals surface area (Å²) in [5, 5.41) is 3.34. The lowest BCUT2D eigenvalue weighted by atomic mass is 10.0. The maximum atomic E-state index is 11.9. The second-order valence-corrected chi connectivity index (χ2v) is 5.32. The largest absolute Gasteiger partial charge is 0.465 e. The van der Waals surface area contributed by atoms with Gasteiger partial charge in [-0.3, -0.25) is 0 Å². The molecule has 0 unspecified atom stereocenters. The molecule has 0 saturated carbocycles. The van der Waals surface area contributed by atoms with E-state index in [0.29, 0.717) is 12.1 Å². The van der Waals surface area contributed by atoms with Crippen LogP contribution in [0.2, 0.25) is 0 Å². The Labute approximate surface area is 126 Å². The van der Waals surface area contributed by atoms with Crippen molar-refractivity contribution in [1.82, 2.24) is 0 Å². The predicted octanol–water partition coefficient (Wildman–Crippen LogP) is 4.01. The van der Waals surface area contributed by atoms with Crippen molar-refractivity contribution in [1.29, 1.82) is 0 Å². The van der Waals surface area contributed by atoms with Crippen LogP contribution in [0.4, 0.5) is 5.69 Å². The summed E-state index contributed by atoms with van der Waals surface area (Å²) in [5.41, 5.74) is 6.10. The standard InChI is InChI=1S/C18H21NO2/c1-12-5-7-14(3)15(9-12)11-19-17-8-6-13(2)10-16(17)18(20)21-4/h5-10,19H,11H2,1-4H3. The average molecular weight is 283 g/mol. The first-order valence-corrected chi connectivity index (χ1v) is 7.00. The van der Waals surface area contributed by atoms with Gasteiger partial charge in [0.2, 0.25) is 0 Å². The predicted molar refractivity (Wildman–Crippen MR) is 85.8 cm³/mol. The maximum absolute atomic E-state index is 11.9. The minimum Gasteiger partial charge on any atom is -0.465 e. The van der Waals surface area contributed by atoms with Gasteiger partial charge in [0.15, 0.2) is 0 Å². The average Bonchev–Trinajstić information content (AvgIpc) is 2.48. The number of carbonyl (C=O) groups is 1. The molecule has 0 saturated heterocycles. The van der Waals surface area contributed by atoms with Gasteiger partial charge in [-0.25, -0.2) is 4.79 Å². The summed E-state index contributed by atoms with van der Waals surface area (Å²) in [7, 11) is 1.40. The number of methoxy groups -OCH3 is 1. The molecule has 0 radical (unpaired) electrons. The molecular formula is C18H21NO2. The van der Waals surface area contributed by atoms with Crippen LogP contribution in [-0.4, -0.2) is 13.1 Å². The summed E-state index contributed by atoms with van der Waals surface area (Å²) < 4.78 is 4.85. The van der Waals surface area contributed by atoms with Gasteiger partial charge in [-0.1, -0.05) is 35.4 Å². The molecule has 3 heteroatoms. The summed E-state index contributed by atoms with van der Waals surface area (Å²) in [6, 6.07) is 12.1. The van der Waals surface area contributed by atoms with Crippen LogP contribution >= 0.6 is 0 Å². The molecule has 1 N–H and O–H groups in total. The van der Waals surface area contributed by atoms with Crippen molar-refractivity contribution >= 4 is 11.7 Å².